The van der Waals surface area contributed by atoms with Gasteiger partial charge in [-0.25, -0.2) is 0 Å². The maximum absolute atomic E-state index is 13.2. The highest BCUT2D eigenvalue weighted by Gasteiger charge is 2.41. The third kappa shape index (κ3) is 7.15. The van der Waals surface area contributed by atoms with Gasteiger partial charge in [0.15, 0.2) is 0 Å². The third-order valence-electron chi connectivity index (χ3n) is 6.70. The zero-order valence-corrected chi connectivity index (χ0v) is 22.2. The van der Waals surface area contributed by atoms with Crippen molar-refractivity contribution in [3.63, 3.8) is 0 Å². The van der Waals surface area contributed by atoms with Crippen LogP contribution >= 0.6 is 0 Å². The van der Waals surface area contributed by atoms with Gasteiger partial charge in [0, 0.05) is 37.5 Å². The molecule has 6 N–H and O–H groups in total. The minimum absolute atomic E-state index is 0.124. The first kappa shape index (κ1) is 29.5. The number of β-amino-alcohol motifs (C(OH)–C–C–N with tert-alkyl or cyclic N) is 1. The molecular formula is C27H43N5O4. The summed E-state index contributed by atoms with van der Waals surface area (Å²) in [5.41, 5.74) is 9.07. The number of hydrogen-bond donors (Lipinski definition) is 5. The predicted molar refractivity (Wildman–Crippen MR) is 142 cm³/mol. The molecule has 9 heteroatoms. The molecule has 1 aromatic rings. The number of nitrogens with one attached hydrogen (secondary N) is 2. The number of aliphatic hydroxyl groups is 2. The zero-order chi connectivity index (χ0) is 26.8. The van der Waals surface area contributed by atoms with Crippen molar-refractivity contribution in [2.75, 3.05) is 26.2 Å². The number of aliphatic hydroxyl groups excluding tert-OH is 2. The molecule has 36 heavy (non-hydrogen) atoms. The topological polar surface area (TPSA) is 140 Å². The van der Waals surface area contributed by atoms with E-state index in [0.29, 0.717) is 13.1 Å². The SMILES string of the molecule is CC.CC(C)C(C)C(=O)N1CC(O)CC1C(=O)NC(CO)c1ccc2c(c1)CNCCN=C2/C=C\N. The highest BCUT2D eigenvalue weighted by atomic mass is 16.3. The molecule has 0 aliphatic carbocycles. The number of carbonyl (C=O) groups is 2. The molecule has 0 bridgehead atoms. The van der Waals surface area contributed by atoms with Crippen LogP contribution in [0.4, 0.5) is 0 Å². The van der Waals surface area contributed by atoms with E-state index < -0.39 is 18.2 Å². The standard InChI is InChI=1S/C25H37N5O4.C2H6/c1-15(2)16(3)25(34)30-13-19(32)11-23(30)24(33)29-22(14-31)17-4-5-20-18(10-17)12-27-8-9-28-21(20)6-7-26;1-2/h4-7,10,15-16,19,22-23,27,31-32H,8-9,11-14,26H2,1-3H3,(H,29,33);1-2H3/b7-6-,28-21?;. The number of carbonyl (C=O) groups excluding carboxylic acids is 2. The summed E-state index contributed by atoms with van der Waals surface area (Å²) in [4.78, 5) is 32.2. The molecule has 1 saturated heterocycles. The van der Waals surface area contributed by atoms with E-state index in [9.17, 15) is 19.8 Å². The van der Waals surface area contributed by atoms with Crippen LogP contribution in [0, 0.1) is 11.8 Å². The summed E-state index contributed by atoms with van der Waals surface area (Å²) in [5.74, 6) is -0.648. The molecule has 200 valence electrons. The molecular weight excluding hydrogens is 458 g/mol. The molecule has 1 aromatic carbocycles. The van der Waals surface area contributed by atoms with Crippen LogP contribution in [0.15, 0.2) is 35.5 Å². The van der Waals surface area contributed by atoms with Crippen LogP contribution in [0.5, 0.6) is 0 Å². The largest absolute Gasteiger partial charge is 0.405 e. The second-order valence-electron chi connectivity index (χ2n) is 9.39. The van der Waals surface area contributed by atoms with Crippen molar-refractivity contribution in [3.8, 4) is 0 Å². The number of amides is 2. The van der Waals surface area contributed by atoms with Gasteiger partial charge in [0.2, 0.25) is 11.8 Å². The van der Waals surface area contributed by atoms with Crippen molar-refractivity contribution in [1.82, 2.24) is 15.5 Å². The summed E-state index contributed by atoms with van der Waals surface area (Å²) in [6.45, 7) is 11.6. The molecule has 3 rings (SSSR count). The van der Waals surface area contributed by atoms with E-state index in [4.69, 9.17) is 5.73 Å². The smallest absolute Gasteiger partial charge is 0.243 e. The molecule has 0 aromatic heterocycles. The van der Waals surface area contributed by atoms with E-state index in [1.807, 2.05) is 52.8 Å². The lowest BCUT2D eigenvalue weighted by molar-refractivity contribution is -0.142. The van der Waals surface area contributed by atoms with Gasteiger partial charge in [-0.05, 0) is 29.3 Å². The summed E-state index contributed by atoms with van der Waals surface area (Å²) in [5, 5.41) is 26.5. The average molecular weight is 502 g/mol. The van der Waals surface area contributed by atoms with Crippen LogP contribution in [0.3, 0.4) is 0 Å². The van der Waals surface area contributed by atoms with Gasteiger partial charge in [0.05, 0.1) is 31.0 Å². The van der Waals surface area contributed by atoms with Gasteiger partial charge in [-0.1, -0.05) is 52.8 Å². The molecule has 4 unspecified atom stereocenters. The number of likely N-dealkylation sites (tertiary alicyclic amines) is 1. The number of fused-ring (bicyclic) bond motifs is 1. The fraction of sp³-hybridized carbons (Fsp3) is 0.593. The molecule has 1 fully saturated rings. The summed E-state index contributed by atoms with van der Waals surface area (Å²) < 4.78 is 0. The summed E-state index contributed by atoms with van der Waals surface area (Å²) in [7, 11) is 0. The fourth-order valence-electron chi connectivity index (χ4n) is 4.38. The van der Waals surface area contributed by atoms with E-state index in [0.717, 1.165) is 28.9 Å². The van der Waals surface area contributed by atoms with Gasteiger partial charge in [-0.15, -0.1) is 0 Å². The predicted octanol–water partition coefficient (Wildman–Crippen LogP) is 1.48. The van der Waals surface area contributed by atoms with Gasteiger partial charge in [0.1, 0.15) is 6.04 Å². The number of allylic oxidation sites excluding steroid dienone is 1. The van der Waals surface area contributed by atoms with Gasteiger partial charge in [0.25, 0.3) is 0 Å². The highest BCUT2D eigenvalue weighted by Crippen LogP contribution is 2.25. The van der Waals surface area contributed by atoms with Gasteiger partial charge < -0.3 is 31.5 Å². The molecule has 2 aliphatic heterocycles. The Hall–Kier alpha value is -2.75. The first-order valence-electron chi connectivity index (χ1n) is 12.9. The van der Waals surface area contributed by atoms with Crippen LogP contribution in [0.1, 0.15) is 63.8 Å². The van der Waals surface area contributed by atoms with E-state index in [-0.39, 0.29) is 43.2 Å². The minimum Gasteiger partial charge on any atom is -0.405 e. The number of aliphatic imine (C=N–C) groups is 1. The summed E-state index contributed by atoms with van der Waals surface area (Å²) >= 11 is 0. The Morgan fingerprint density at radius 3 is 2.67 bits per heavy atom. The Kier molecular flexibility index (Phi) is 11.6. The zero-order valence-electron chi connectivity index (χ0n) is 22.2. The van der Waals surface area contributed by atoms with Crippen LogP contribution in [0.25, 0.3) is 0 Å². The number of nitrogens with two attached hydrogens (primary N) is 1. The van der Waals surface area contributed by atoms with Crippen LogP contribution in [0.2, 0.25) is 0 Å². The molecule has 2 amide bonds. The van der Waals surface area contributed by atoms with Crippen molar-refractivity contribution in [2.24, 2.45) is 22.6 Å². The number of benzene rings is 1. The second-order valence-corrected chi connectivity index (χ2v) is 9.39. The molecule has 0 saturated carbocycles. The van der Waals surface area contributed by atoms with Crippen molar-refractivity contribution in [1.29, 1.82) is 0 Å². The number of hydrogen-bond acceptors (Lipinski definition) is 7. The van der Waals surface area contributed by atoms with Crippen LogP contribution < -0.4 is 16.4 Å². The van der Waals surface area contributed by atoms with Crippen LogP contribution in [-0.4, -0.2) is 71.0 Å². The molecule has 0 radical (unpaired) electrons. The lowest BCUT2D eigenvalue weighted by atomic mass is 9.95. The van der Waals surface area contributed by atoms with Gasteiger partial charge in [-0.3, -0.25) is 14.6 Å². The Labute approximate surface area is 214 Å². The molecule has 2 aliphatic rings. The van der Waals surface area contributed by atoms with Crippen molar-refractivity contribution < 1.29 is 19.8 Å². The first-order valence-corrected chi connectivity index (χ1v) is 12.9. The van der Waals surface area contributed by atoms with Crippen molar-refractivity contribution in [2.45, 2.75) is 65.8 Å². The lowest BCUT2D eigenvalue weighted by Crippen LogP contribution is -2.49. The maximum atomic E-state index is 13.2. The Morgan fingerprint density at radius 2 is 2.03 bits per heavy atom. The Bertz CT molecular complexity index is 946. The Balaban J connectivity index is 0.00000222. The molecule has 4 atom stereocenters. The fourth-order valence-corrected chi connectivity index (χ4v) is 4.38. The quantitative estimate of drug-likeness (QED) is 0.383. The van der Waals surface area contributed by atoms with E-state index >= 15 is 0 Å². The Morgan fingerprint density at radius 1 is 1.31 bits per heavy atom. The normalized spacial score (nSPS) is 21.6. The number of nitrogens with zero attached hydrogens (tertiary/aromatic N) is 2. The monoisotopic (exact) mass is 501 g/mol. The van der Waals surface area contributed by atoms with Gasteiger partial charge in [-0.2, -0.15) is 0 Å². The van der Waals surface area contributed by atoms with Crippen LogP contribution in [-0.2, 0) is 16.1 Å². The first-order chi connectivity index (χ1) is 17.3. The molecule has 0 spiro atoms. The molecule has 2 heterocycles. The average Bonchev–Trinajstić information content (AvgIpc) is 3.26. The summed E-state index contributed by atoms with van der Waals surface area (Å²) in [6.07, 6.45) is 2.66. The van der Waals surface area contributed by atoms with E-state index in [2.05, 4.69) is 15.6 Å². The van der Waals surface area contributed by atoms with Gasteiger partial charge >= 0.3 is 0 Å². The van der Waals surface area contributed by atoms with Crippen molar-refractivity contribution in [3.05, 3.63) is 47.2 Å². The lowest BCUT2D eigenvalue weighted by Gasteiger charge is -2.29. The van der Waals surface area contributed by atoms with E-state index in [1.54, 1.807) is 6.08 Å². The van der Waals surface area contributed by atoms with Crippen molar-refractivity contribution >= 4 is 17.5 Å². The van der Waals surface area contributed by atoms with E-state index in [1.165, 1.54) is 11.1 Å². The minimum atomic E-state index is -0.766. The maximum Gasteiger partial charge on any atom is 0.243 e. The second kappa shape index (κ2) is 14.1. The third-order valence-corrected chi connectivity index (χ3v) is 6.70. The number of rotatable bonds is 7. The summed E-state index contributed by atoms with van der Waals surface area (Å²) in [6, 6.07) is 4.31. The highest BCUT2D eigenvalue weighted by molar-refractivity contribution is 6.09. The molecule has 9 nitrogen and oxygen atoms in total.